The van der Waals surface area contributed by atoms with Crippen LogP contribution in [0, 0.1) is 0 Å². The zero-order valence-electron chi connectivity index (χ0n) is 11.4. The lowest BCUT2D eigenvalue weighted by Crippen LogP contribution is -2.36. The van der Waals surface area contributed by atoms with Crippen LogP contribution in [0.1, 0.15) is 25.7 Å². The van der Waals surface area contributed by atoms with Gasteiger partial charge in [0.05, 0.1) is 10.7 Å². The van der Waals surface area contributed by atoms with Crippen LogP contribution in [0.15, 0.2) is 17.0 Å². The Balaban J connectivity index is 2.38. The molecule has 0 spiro atoms. The van der Waals surface area contributed by atoms with E-state index in [0.29, 0.717) is 24.4 Å². The monoisotopic (exact) mass is 352 g/mol. The largest absolute Gasteiger partial charge is 0.398 e. The van der Waals surface area contributed by atoms with Crippen LogP contribution in [0.3, 0.4) is 0 Å². The molecule has 3 N–H and O–H groups in total. The summed E-state index contributed by atoms with van der Waals surface area (Å²) in [6.45, 7) is 0.491. The predicted octanol–water partition coefficient (Wildman–Crippen LogP) is 2.50. The lowest BCUT2D eigenvalue weighted by molar-refractivity contribution is 0.264. The molecule has 1 aromatic rings. The maximum absolute atomic E-state index is 12.8. The average Bonchev–Trinajstić information content (AvgIpc) is 2.83. The third-order valence-corrected chi connectivity index (χ3v) is 6.32. The maximum Gasteiger partial charge on any atom is 0.246 e. The summed E-state index contributed by atoms with van der Waals surface area (Å²) in [5.41, 5.74) is 5.86. The van der Waals surface area contributed by atoms with Crippen molar-refractivity contribution in [2.75, 3.05) is 18.9 Å². The highest BCUT2D eigenvalue weighted by Gasteiger charge is 2.37. The molecule has 0 aliphatic carbocycles. The lowest BCUT2D eigenvalue weighted by atomic mass is 10.1. The number of nitrogens with two attached hydrogens (primary N) is 1. The molecule has 1 unspecified atom stereocenters. The molecule has 0 bridgehead atoms. The molecule has 1 aliphatic heterocycles. The third-order valence-electron chi connectivity index (χ3n) is 3.62. The van der Waals surface area contributed by atoms with Crippen molar-refractivity contribution in [3.63, 3.8) is 0 Å². The summed E-state index contributed by atoms with van der Waals surface area (Å²) in [5.74, 6) is 0. The highest BCUT2D eigenvalue weighted by atomic mass is 35.5. The van der Waals surface area contributed by atoms with E-state index in [4.69, 9.17) is 34.0 Å². The Morgan fingerprint density at radius 2 is 2.10 bits per heavy atom. The Morgan fingerprint density at radius 1 is 1.38 bits per heavy atom. The van der Waals surface area contributed by atoms with Gasteiger partial charge in [0.25, 0.3) is 0 Å². The number of rotatable bonds is 5. The highest BCUT2D eigenvalue weighted by Crippen LogP contribution is 2.36. The Labute approximate surface area is 134 Å². The van der Waals surface area contributed by atoms with E-state index in [1.807, 2.05) is 0 Å². The van der Waals surface area contributed by atoms with Crippen LogP contribution >= 0.6 is 23.2 Å². The minimum Gasteiger partial charge on any atom is -0.398 e. The van der Waals surface area contributed by atoms with Crippen LogP contribution in [-0.4, -0.2) is 37.0 Å². The van der Waals surface area contributed by atoms with Crippen LogP contribution < -0.4 is 5.73 Å². The van der Waals surface area contributed by atoms with Gasteiger partial charge < -0.3 is 10.8 Å². The summed E-state index contributed by atoms with van der Waals surface area (Å²) >= 11 is 11.9. The van der Waals surface area contributed by atoms with Crippen molar-refractivity contribution < 1.29 is 13.5 Å². The van der Waals surface area contributed by atoms with E-state index < -0.39 is 10.0 Å². The first kappa shape index (κ1) is 16.8. The molecule has 1 heterocycles. The standard InChI is InChI=1S/C13H18Cl2N2O3S/c14-9-7-11(15)13(12(16)8-9)21(19,20)17-5-1-3-10(17)4-2-6-18/h7-8,10,18H,1-6,16H2. The van der Waals surface area contributed by atoms with Crippen molar-refractivity contribution in [2.24, 2.45) is 0 Å². The number of benzene rings is 1. The SMILES string of the molecule is Nc1cc(Cl)cc(Cl)c1S(=O)(=O)N1CCCC1CCCO. The first-order valence-electron chi connectivity index (χ1n) is 6.75. The first-order chi connectivity index (χ1) is 9.87. The van der Waals surface area contributed by atoms with Crippen molar-refractivity contribution in [3.05, 3.63) is 22.2 Å². The molecular formula is C13H18Cl2N2O3S. The Kier molecular flexibility index (Phi) is 5.38. The first-order valence-corrected chi connectivity index (χ1v) is 8.94. The smallest absolute Gasteiger partial charge is 0.246 e. The maximum atomic E-state index is 12.8. The van der Waals surface area contributed by atoms with E-state index in [1.165, 1.54) is 16.4 Å². The van der Waals surface area contributed by atoms with Gasteiger partial charge in [0.1, 0.15) is 4.90 Å². The van der Waals surface area contributed by atoms with Crippen LogP contribution in [-0.2, 0) is 10.0 Å². The quantitative estimate of drug-likeness (QED) is 0.797. The molecule has 8 heteroatoms. The number of halogens is 2. The molecule has 1 fully saturated rings. The van der Waals surface area contributed by atoms with Crippen molar-refractivity contribution in [1.29, 1.82) is 0 Å². The second kappa shape index (κ2) is 6.71. The van der Waals surface area contributed by atoms with Crippen molar-refractivity contribution in [2.45, 2.75) is 36.6 Å². The molecule has 0 radical (unpaired) electrons. The van der Waals surface area contributed by atoms with Crippen molar-refractivity contribution >= 4 is 38.9 Å². The minimum absolute atomic E-state index is 0.0350. The zero-order valence-corrected chi connectivity index (χ0v) is 13.8. The van der Waals surface area contributed by atoms with Crippen LogP contribution in [0.5, 0.6) is 0 Å². The molecule has 0 saturated carbocycles. The van der Waals surface area contributed by atoms with E-state index >= 15 is 0 Å². The summed E-state index contributed by atoms with van der Waals surface area (Å²) in [6.07, 6.45) is 2.77. The van der Waals surface area contributed by atoms with Crippen molar-refractivity contribution in [3.8, 4) is 0 Å². The summed E-state index contributed by atoms with van der Waals surface area (Å²) in [6, 6.07) is 2.65. The predicted molar refractivity (Wildman–Crippen MR) is 84.1 cm³/mol. The second-order valence-electron chi connectivity index (χ2n) is 5.08. The van der Waals surface area contributed by atoms with E-state index in [-0.39, 0.29) is 28.3 Å². The van der Waals surface area contributed by atoms with Gasteiger partial charge in [0.15, 0.2) is 0 Å². The van der Waals surface area contributed by atoms with Gasteiger partial charge in [-0.15, -0.1) is 0 Å². The van der Waals surface area contributed by atoms with Gasteiger partial charge in [0, 0.05) is 24.2 Å². The second-order valence-corrected chi connectivity index (χ2v) is 7.75. The fourth-order valence-corrected chi connectivity index (χ4v) is 5.38. The summed E-state index contributed by atoms with van der Waals surface area (Å²) in [4.78, 5) is -0.0792. The van der Waals surface area contributed by atoms with Gasteiger partial charge in [-0.3, -0.25) is 0 Å². The normalized spacial score (nSPS) is 20.0. The van der Waals surface area contributed by atoms with Gasteiger partial charge in [0.2, 0.25) is 10.0 Å². The van der Waals surface area contributed by atoms with Crippen molar-refractivity contribution in [1.82, 2.24) is 4.31 Å². The topological polar surface area (TPSA) is 83.6 Å². The van der Waals surface area contributed by atoms with Crippen LogP contribution in [0.25, 0.3) is 0 Å². The number of aliphatic hydroxyl groups excluding tert-OH is 1. The molecule has 1 atom stereocenters. The summed E-state index contributed by atoms with van der Waals surface area (Å²) < 4.78 is 27.1. The zero-order chi connectivity index (χ0) is 15.6. The average molecular weight is 353 g/mol. The molecule has 118 valence electrons. The molecule has 1 saturated heterocycles. The molecule has 21 heavy (non-hydrogen) atoms. The van der Waals surface area contributed by atoms with Crippen LogP contribution in [0.2, 0.25) is 10.0 Å². The molecule has 1 aromatic carbocycles. The number of anilines is 1. The summed E-state index contributed by atoms with van der Waals surface area (Å²) in [5, 5.41) is 9.26. The lowest BCUT2D eigenvalue weighted by Gasteiger charge is -2.25. The minimum atomic E-state index is -3.76. The Morgan fingerprint density at radius 3 is 2.71 bits per heavy atom. The number of nitrogen functional groups attached to an aromatic ring is 1. The van der Waals surface area contributed by atoms with E-state index in [0.717, 1.165) is 12.8 Å². The Hall–Kier alpha value is -0.530. The van der Waals surface area contributed by atoms with Crippen LogP contribution in [0.4, 0.5) is 5.69 Å². The molecular weight excluding hydrogens is 335 g/mol. The van der Waals surface area contributed by atoms with Gasteiger partial charge in [-0.05, 0) is 37.8 Å². The highest BCUT2D eigenvalue weighted by molar-refractivity contribution is 7.89. The molecule has 5 nitrogen and oxygen atoms in total. The fourth-order valence-electron chi connectivity index (χ4n) is 2.71. The summed E-state index contributed by atoms with van der Waals surface area (Å²) in [7, 11) is -3.76. The Bertz CT molecular complexity index is 599. The molecule has 2 rings (SSSR count). The van der Waals surface area contributed by atoms with E-state index in [2.05, 4.69) is 0 Å². The van der Waals surface area contributed by atoms with E-state index in [9.17, 15) is 8.42 Å². The van der Waals surface area contributed by atoms with Gasteiger partial charge >= 0.3 is 0 Å². The molecule has 0 amide bonds. The number of sulfonamides is 1. The third kappa shape index (κ3) is 3.46. The van der Waals surface area contributed by atoms with Gasteiger partial charge in [-0.2, -0.15) is 4.31 Å². The number of nitrogens with zero attached hydrogens (tertiary/aromatic N) is 1. The van der Waals surface area contributed by atoms with Gasteiger partial charge in [-0.1, -0.05) is 23.2 Å². The molecule has 0 aromatic heterocycles. The molecule has 1 aliphatic rings. The number of aliphatic hydroxyl groups is 1. The number of hydrogen-bond donors (Lipinski definition) is 2. The van der Waals surface area contributed by atoms with E-state index in [1.54, 1.807) is 0 Å². The van der Waals surface area contributed by atoms with Gasteiger partial charge in [-0.25, -0.2) is 8.42 Å². The fraction of sp³-hybridized carbons (Fsp3) is 0.538. The number of hydrogen-bond acceptors (Lipinski definition) is 4.